The van der Waals surface area contributed by atoms with Crippen LogP contribution in [0.2, 0.25) is 0 Å². The summed E-state index contributed by atoms with van der Waals surface area (Å²) in [5.74, 6) is -0.0992. The number of nitro benzene ring substituents is 1. The van der Waals surface area contributed by atoms with Crippen LogP contribution in [0.4, 0.5) is 11.4 Å². The van der Waals surface area contributed by atoms with Crippen molar-refractivity contribution < 1.29 is 19.2 Å². The van der Waals surface area contributed by atoms with Gasteiger partial charge in [-0.15, -0.1) is 0 Å². The predicted molar refractivity (Wildman–Crippen MR) is 86.6 cm³/mol. The van der Waals surface area contributed by atoms with E-state index in [1.165, 1.54) is 25.1 Å². The van der Waals surface area contributed by atoms with Crippen molar-refractivity contribution in [3.05, 3.63) is 33.9 Å². The number of amides is 1. The fourth-order valence-corrected chi connectivity index (χ4v) is 1.78. The summed E-state index contributed by atoms with van der Waals surface area (Å²) in [6.45, 7) is 3.84. The number of anilines is 1. The normalized spacial score (nSPS) is 10.0. The van der Waals surface area contributed by atoms with E-state index in [4.69, 9.17) is 14.7 Å². The molecule has 9 nitrogen and oxygen atoms in total. The van der Waals surface area contributed by atoms with Crippen LogP contribution < -0.4 is 10.6 Å². The molecule has 1 amide bonds. The van der Waals surface area contributed by atoms with Crippen molar-refractivity contribution in [2.75, 3.05) is 44.8 Å². The van der Waals surface area contributed by atoms with Crippen molar-refractivity contribution in [1.82, 2.24) is 5.32 Å². The van der Waals surface area contributed by atoms with E-state index in [1.807, 2.05) is 6.07 Å². The highest BCUT2D eigenvalue weighted by Crippen LogP contribution is 2.24. The van der Waals surface area contributed by atoms with Crippen LogP contribution in [0.15, 0.2) is 18.2 Å². The number of carbonyl (C=O) groups is 1. The first-order valence-electron chi connectivity index (χ1n) is 7.37. The largest absolute Gasteiger partial charge is 0.377 e. The van der Waals surface area contributed by atoms with Gasteiger partial charge in [0.1, 0.15) is 5.69 Å². The van der Waals surface area contributed by atoms with Gasteiger partial charge in [-0.2, -0.15) is 5.26 Å². The molecule has 0 fully saturated rings. The van der Waals surface area contributed by atoms with Crippen molar-refractivity contribution in [3.8, 4) is 6.07 Å². The lowest BCUT2D eigenvalue weighted by atomic mass is 10.2. The first kappa shape index (κ1) is 19.3. The molecule has 0 radical (unpaired) electrons. The van der Waals surface area contributed by atoms with Gasteiger partial charge in [-0.25, -0.2) is 0 Å². The third-order valence-electron chi connectivity index (χ3n) is 2.88. The number of benzene rings is 1. The van der Waals surface area contributed by atoms with E-state index in [0.717, 1.165) is 0 Å². The molecule has 0 spiro atoms. The van der Waals surface area contributed by atoms with Crippen LogP contribution in [0.25, 0.3) is 0 Å². The van der Waals surface area contributed by atoms with Gasteiger partial charge in [0, 0.05) is 26.1 Å². The van der Waals surface area contributed by atoms with Gasteiger partial charge in [0.2, 0.25) is 5.91 Å². The molecular formula is C15H20N4O5. The zero-order valence-corrected chi connectivity index (χ0v) is 13.4. The zero-order chi connectivity index (χ0) is 17.8. The predicted octanol–water partition coefficient (Wildman–Crippen LogP) is 1.05. The third kappa shape index (κ3) is 7.53. The van der Waals surface area contributed by atoms with Gasteiger partial charge in [0.05, 0.1) is 43.0 Å². The highest BCUT2D eigenvalue weighted by Gasteiger charge is 2.14. The number of carbonyl (C=O) groups excluding carboxylic acids is 1. The maximum absolute atomic E-state index is 11.0. The van der Waals surface area contributed by atoms with E-state index in [0.29, 0.717) is 45.2 Å². The highest BCUT2D eigenvalue weighted by molar-refractivity contribution is 5.72. The lowest BCUT2D eigenvalue weighted by molar-refractivity contribution is -0.384. The molecule has 0 saturated heterocycles. The summed E-state index contributed by atoms with van der Waals surface area (Å²) in [5.41, 5.74) is 0.435. The van der Waals surface area contributed by atoms with Crippen molar-refractivity contribution in [1.29, 1.82) is 5.26 Å². The van der Waals surface area contributed by atoms with Crippen LogP contribution >= 0.6 is 0 Å². The van der Waals surface area contributed by atoms with Crippen LogP contribution in [0.3, 0.4) is 0 Å². The van der Waals surface area contributed by atoms with Gasteiger partial charge in [0.15, 0.2) is 0 Å². The molecule has 0 aliphatic heterocycles. The van der Waals surface area contributed by atoms with Crippen molar-refractivity contribution in [2.45, 2.75) is 6.92 Å². The Hall–Kier alpha value is -2.70. The number of nitro groups is 1. The average Bonchev–Trinajstić information content (AvgIpc) is 2.56. The fourth-order valence-electron chi connectivity index (χ4n) is 1.78. The van der Waals surface area contributed by atoms with Gasteiger partial charge in [-0.1, -0.05) is 0 Å². The van der Waals surface area contributed by atoms with Gasteiger partial charge >= 0.3 is 0 Å². The maximum atomic E-state index is 11.0. The Labute approximate surface area is 139 Å². The molecule has 9 heteroatoms. The molecule has 0 aliphatic rings. The number of nitrogens with zero attached hydrogens (tertiary/aromatic N) is 2. The van der Waals surface area contributed by atoms with Crippen LogP contribution in [-0.2, 0) is 14.3 Å². The molecular weight excluding hydrogens is 316 g/mol. The molecule has 0 atom stereocenters. The van der Waals surface area contributed by atoms with Crippen LogP contribution in [-0.4, -0.2) is 50.3 Å². The van der Waals surface area contributed by atoms with E-state index in [1.54, 1.807) is 0 Å². The summed E-state index contributed by atoms with van der Waals surface area (Å²) in [5, 5.41) is 25.3. The second-order valence-corrected chi connectivity index (χ2v) is 4.74. The van der Waals surface area contributed by atoms with Crippen molar-refractivity contribution in [3.63, 3.8) is 0 Å². The number of ether oxygens (including phenoxy) is 2. The minimum atomic E-state index is -0.535. The van der Waals surface area contributed by atoms with Gasteiger partial charge < -0.3 is 20.1 Å². The van der Waals surface area contributed by atoms with Crippen LogP contribution in [0.1, 0.15) is 12.5 Å². The first-order chi connectivity index (χ1) is 11.5. The molecule has 130 valence electrons. The summed E-state index contributed by atoms with van der Waals surface area (Å²) in [7, 11) is 0. The Balaban J connectivity index is 2.18. The topological polar surface area (TPSA) is 127 Å². The van der Waals surface area contributed by atoms with Gasteiger partial charge in [0.25, 0.3) is 5.69 Å². The molecule has 2 N–H and O–H groups in total. The number of hydrogen-bond donors (Lipinski definition) is 2. The summed E-state index contributed by atoms with van der Waals surface area (Å²) >= 11 is 0. The summed E-state index contributed by atoms with van der Waals surface area (Å²) in [4.78, 5) is 21.1. The summed E-state index contributed by atoms with van der Waals surface area (Å²) in [6, 6.07) is 6.11. The maximum Gasteiger partial charge on any atom is 0.293 e. The lowest BCUT2D eigenvalue weighted by Gasteiger charge is -2.09. The quantitative estimate of drug-likeness (QED) is 0.351. The van der Waals surface area contributed by atoms with E-state index in [2.05, 4.69) is 10.6 Å². The molecule has 1 aromatic carbocycles. The lowest BCUT2D eigenvalue weighted by Crippen LogP contribution is -2.25. The Morgan fingerprint density at radius 1 is 1.25 bits per heavy atom. The third-order valence-corrected chi connectivity index (χ3v) is 2.88. The second-order valence-electron chi connectivity index (χ2n) is 4.74. The average molecular weight is 336 g/mol. The van der Waals surface area contributed by atoms with Gasteiger partial charge in [-0.3, -0.25) is 14.9 Å². The zero-order valence-electron chi connectivity index (χ0n) is 13.4. The molecule has 0 unspecified atom stereocenters. The second kappa shape index (κ2) is 10.9. The van der Waals surface area contributed by atoms with Gasteiger partial charge in [-0.05, 0) is 12.1 Å². The highest BCUT2D eigenvalue weighted by atomic mass is 16.6. The molecule has 0 aromatic heterocycles. The number of nitrogens with one attached hydrogen (secondary N) is 2. The number of hydrogen-bond acceptors (Lipinski definition) is 7. The summed E-state index contributed by atoms with van der Waals surface area (Å²) < 4.78 is 10.6. The molecule has 0 heterocycles. The van der Waals surface area contributed by atoms with E-state index >= 15 is 0 Å². The molecule has 24 heavy (non-hydrogen) atoms. The minimum absolute atomic E-state index is 0.0992. The first-order valence-corrected chi connectivity index (χ1v) is 7.37. The molecule has 1 rings (SSSR count). The number of rotatable bonds is 11. The Kier molecular flexibility index (Phi) is 8.81. The van der Waals surface area contributed by atoms with E-state index in [9.17, 15) is 14.9 Å². The fraction of sp³-hybridized carbons (Fsp3) is 0.467. The Morgan fingerprint density at radius 3 is 2.50 bits per heavy atom. The van der Waals surface area contributed by atoms with E-state index < -0.39 is 4.92 Å². The number of nitriles is 1. The summed E-state index contributed by atoms with van der Waals surface area (Å²) in [6.07, 6.45) is 0. The molecule has 0 saturated carbocycles. The minimum Gasteiger partial charge on any atom is -0.377 e. The van der Waals surface area contributed by atoms with Crippen molar-refractivity contribution in [2.24, 2.45) is 0 Å². The van der Waals surface area contributed by atoms with E-state index in [-0.39, 0.29) is 17.2 Å². The molecule has 1 aromatic rings. The molecule has 0 aliphatic carbocycles. The Bertz CT molecular complexity index is 600. The monoisotopic (exact) mass is 336 g/mol. The SMILES string of the molecule is CC(=O)NCCOCCOCCNc1ccc(C#N)cc1[N+](=O)[O-]. The van der Waals surface area contributed by atoms with Crippen LogP contribution in [0, 0.1) is 21.4 Å². The smallest absolute Gasteiger partial charge is 0.293 e. The molecule has 0 bridgehead atoms. The Morgan fingerprint density at radius 2 is 1.92 bits per heavy atom. The van der Waals surface area contributed by atoms with Crippen LogP contribution in [0.5, 0.6) is 0 Å². The standard InChI is InChI=1S/C15H20N4O5/c1-12(20)17-4-6-23-8-9-24-7-5-18-14-3-2-13(11-16)10-15(14)19(21)22/h2-3,10,18H,4-9H2,1H3,(H,17,20). The van der Waals surface area contributed by atoms with Crippen molar-refractivity contribution >= 4 is 17.3 Å².